The van der Waals surface area contributed by atoms with Gasteiger partial charge in [-0.2, -0.15) is 0 Å². The summed E-state index contributed by atoms with van der Waals surface area (Å²) < 4.78 is 15.9. The van der Waals surface area contributed by atoms with Crippen molar-refractivity contribution in [1.82, 2.24) is 4.90 Å². The first-order valence-electron chi connectivity index (χ1n) is 6.15. The Kier molecular flexibility index (Phi) is 5.02. The summed E-state index contributed by atoms with van der Waals surface area (Å²) in [5, 5.41) is 0. The molecule has 1 saturated heterocycles. The highest BCUT2D eigenvalue weighted by molar-refractivity contribution is 5.69. The maximum atomic E-state index is 12.1. The third kappa shape index (κ3) is 3.91. The Labute approximate surface area is 109 Å². The Morgan fingerprint density at radius 2 is 2.11 bits per heavy atom. The molecule has 1 heterocycles. The van der Waals surface area contributed by atoms with Crippen LogP contribution in [-0.4, -0.2) is 42.6 Å². The number of rotatable bonds is 4. The van der Waals surface area contributed by atoms with E-state index in [2.05, 4.69) is 6.58 Å². The molecule has 1 rings (SSSR count). The Morgan fingerprint density at radius 3 is 2.61 bits per heavy atom. The first kappa shape index (κ1) is 14.8. The van der Waals surface area contributed by atoms with E-state index in [9.17, 15) is 4.79 Å². The molecule has 0 radical (unpaired) electrons. The van der Waals surface area contributed by atoms with Crippen LogP contribution in [0.5, 0.6) is 0 Å². The first-order valence-corrected chi connectivity index (χ1v) is 6.15. The third-order valence-electron chi connectivity index (χ3n) is 2.73. The summed E-state index contributed by atoms with van der Waals surface area (Å²) in [5.41, 5.74) is -0.512. The van der Waals surface area contributed by atoms with Crippen molar-refractivity contribution in [2.75, 3.05) is 13.7 Å². The van der Waals surface area contributed by atoms with E-state index >= 15 is 0 Å². The molecule has 2 atom stereocenters. The van der Waals surface area contributed by atoms with E-state index in [1.165, 1.54) is 6.26 Å². The lowest BCUT2D eigenvalue weighted by molar-refractivity contribution is -0.0476. The third-order valence-corrected chi connectivity index (χ3v) is 2.73. The molecule has 1 unspecified atom stereocenters. The van der Waals surface area contributed by atoms with Gasteiger partial charge in [-0.05, 0) is 33.6 Å². The van der Waals surface area contributed by atoms with Crippen LogP contribution < -0.4 is 0 Å². The van der Waals surface area contributed by atoms with E-state index in [-0.39, 0.29) is 18.4 Å². The Morgan fingerprint density at radius 1 is 1.44 bits per heavy atom. The van der Waals surface area contributed by atoms with Gasteiger partial charge >= 0.3 is 6.09 Å². The molecular formula is C13H23NO4. The number of hydrogen-bond donors (Lipinski definition) is 0. The fourth-order valence-electron chi connectivity index (χ4n) is 2.00. The molecule has 104 valence electrons. The van der Waals surface area contributed by atoms with Crippen LogP contribution in [0, 0.1) is 0 Å². The monoisotopic (exact) mass is 257 g/mol. The number of carbonyl (C=O) groups excluding carboxylic acids is 1. The van der Waals surface area contributed by atoms with Gasteiger partial charge in [-0.1, -0.05) is 6.58 Å². The van der Waals surface area contributed by atoms with Crippen LogP contribution in [0.25, 0.3) is 0 Å². The molecule has 0 aliphatic carbocycles. The number of nitrogens with zero attached hydrogens (tertiary/aromatic N) is 1. The summed E-state index contributed by atoms with van der Waals surface area (Å²) in [6.45, 7) is 9.46. The number of ether oxygens (including phenoxy) is 3. The zero-order valence-electron chi connectivity index (χ0n) is 11.6. The highest BCUT2D eigenvalue weighted by Crippen LogP contribution is 2.27. The van der Waals surface area contributed by atoms with Gasteiger partial charge in [0.15, 0.2) is 0 Å². The summed E-state index contributed by atoms with van der Waals surface area (Å²) in [6, 6.07) is -0.0252. The molecule has 1 aliphatic heterocycles. The predicted molar refractivity (Wildman–Crippen MR) is 68.0 cm³/mol. The number of methoxy groups -OCH3 is 1. The van der Waals surface area contributed by atoms with Gasteiger partial charge < -0.3 is 14.2 Å². The molecule has 5 nitrogen and oxygen atoms in total. The normalized spacial score (nSPS) is 23.9. The van der Waals surface area contributed by atoms with Crippen molar-refractivity contribution in [2.45, 2.75) is 51.5 Å². The van der Waals surface area contributed by atoms with Crippen LogP contribution in [0.15, 0.2) is 12.8 Å². The molecule has 5 heteroatoms. The van der Waals surface area contributed by atoms with Crippen molar-refractivity contribution in [3.63, 3.8) is 0 Å². The molecule has 0 bridgehead atoms. The lowest BCUT2D eigenvalue weighted by Gasteiger charge is -2.31. The van der Waals surface area contributed by atoms with Gasteiger partial charge in [-0.3, -0.25) is 4.90 Å². The quantitative estimate of drug-likeness (QED) is 0.726. The van der Waals surface area contributed by atoms with E-state index < -0.39 is 5.60 Å². The highest BCUT2D eigenvalue weighted by atomic mass is 16.6. The second-order valence-corrected chi connectivity index (χ2v) is 5.31. The fraction of sp³-hybridized carbons (Fsp3) is 0.769. The minimum absolute atomic E-state index is 0.0252. The van der Waals surface area contributed by atoms with Gasteiger partial charge in [-0.25, -0.2) is 4.79 Å². The molecule has 1 aliphatic rings. The van der Waals surface area contributed by atoms with Crippen molar-refractivity contribution < 1.29 is 19.0 Å². The lowest BCUT2D eigenvalue weighted by Crippen LogP contribution is -2.46. The van der Waals surface area contributed by atoms with Crippen LogP contribution in [0.4, 0.5) is 4.79 Å². The molecule has 0 aromatic rings. The number of likely N-dealkylation sites (tertiary alicyclic amines) is 1. The van der Waals surface area contributed by atoms with E-state index in [4.69, 9.17) is 14.2 Å². The average Bonchev–Trinajstić information content (AvgIpc) is 2.66. The zero-order chi connectivity index (χ0) is 13.8. The largest absolute Gasteiger partial charge is 0.500 e. The summed E-state index contributed by atoms with van der Waals surface area (Å²) in [7, 11) is 1.60. The van der Waals surface area contributed by atoms with E-state index in [1.54, 1.807) is 12.0 Å². The molecule has 1 amide bonds. The minimum atomic E-state index is -0.512. The number of hydrogen-bond acceptors (Lipinski definition) is 4. The number of carbonyl (C=O) groups is 1. The van der Waals surface area contributed by atoms with Gasteiger partial charge in [0.25, 0.3) is 0 Å². The second kappa shape index (κ2) is 6.09. The number of amides is 1. The summed E-state index contributed by atoms with van der Waals surface area (Å²) in [4.78, 5) is 13.8. The summed E-state index contributed by atoms with van der Waals surface area (Å²) in [6.07, 6.45) is 2.42. The zero-order valence-corrected chi connectivity index (χ0v) is 11.6. The molecule has 0 saturated carbocycles. The molecule has 1 fully saturated rings. The van der Waals surface area contributed by atoms with Crippen LogP contribution in [0.3, 0.4) is 0 Å². The van der Waals surface area contributed by atoms with Gasteiger partial charge in [0, 0.05) is 7.11 Å². The van der Waals surface area contributed by atoms with Gasteiger partial charge in [0.2, 0.25) is 0 Å². The highest BCUT2D eigenvalue weighted by Gasteiger charge is 2.39. The molecule has 0 N–H and O–H groups in total. The second-order valence-electron chi connectivity index (χ2n) is 5.31. The molecular weight excluding hydrogens is 234 g/mol. The topological polar surface area (TPSA) is 48.0 Å². The first-order chi connectivity index (χ1) is 8.39. The maximum Gasteiger partial charge on any atom is 0.412 e. The molecule has 0 aromatic heterocycles. The average molecular weight is 257 g/mol. The van der Waals surface area contributed by atoms with Gasteiger partial charge in [0.05, 0.1) is 12.3 Å². The van der Waals surface area contributed by atoms with Crippen LogP contribution in [-0.2, 0) is 14.2 Å². The van der Waals surface area contributed by atoms with E-state index in [0.29, 0.717) is 6.61 Å². The fourth-order valence-corrected chi connectivity index (χ4v) is 2.00. The predicted octanol–water partition coefficient (Wildman–Crippen LogP) is 2.52. The Hall–Kier alpha value is -1.23. The van der Waals surface area contributed by atoms with Crippen LogP contribution in [0.1, 0.15) is 33.6 Å². The maximum absolute atomic E-state index is 12.1. The Bertz CT molecular complexity index is 298. The van der Waals surface area contributed by atoms with Gasteiger partial charge in [0.1, 0.15) is 18.4 Å². The van der Waals surface area contributed by atoms with E-state index in [0.717, 1.165) is 12.8 Å². The minimum Gasteiger partial charge on any atom is -0.500 e. The van der Waals surface area contributed by atoms with Crippen LogP contribution >= 0.6 is 0 Å². The van der Waals surface area contributed by atoms with Crippen molar-refractivity contribution in [2.24, 2.45) is 0 Å². The van der Waals surface area contributed by atoms with Crippen molar-refractivity contribution in [1.29, 1.82) is 0 Å². The van der Waals surface area contributed by atoms with Gasteiger partial charge in [-0.15, -0.1) is 0 Å². The van der Waals surface area contributed by atoms with E-state index in [1.807, 2.05) is 20.8 Å². The molecule has 0 spiro atoms. The SMILES string of the molecule is C=COC[C@@H]1CCC(OC)N1C(=O)OC(C)(C)C. The lowest BCUT2D eigenvalue weighted by atomic mass is 10.2. The van der Waals surface area contributed by atoms with Crippen molar-refractivity contribution in [3.8, 4) is 0 Å². The smallest absolute Gasteiger partial charge is 0.412 e. The summed E-state index contributed by atoms with van der Waals surface area (Å²) in [5.74, 6) is 0. The molecule has 0 aromatic carbocycles. The summed E-state index contributed by atoms with van der Waals surface area (Å²) >= 11 is 0. The van der Waals surface area contributed by atoms with Crippen LogP contribution in [0.2, 0.25) is 0 Å². The van der Waals surface area contributed by atoms with Crippen molar-refractivity contribution >= 4 is 6.09 Å². The standard InChI is InChI=1S/C13H23NO4/c1-6-17-9-10-7-8-11(16-5)14(10)12(15)18-13(2,3)4/h6,10-11H,1,7-9H2,2-5H3/t10-,11?/m0/s1. The molecule has 18 heavy (non-hydrogen) atoms. The van der Waals surface area contributed by atoms with Crippen molar-refractivity contribution in [3.05, 3.63) is 12.8 Å². The Balaban J connectivity index is 2.70.